The van der Waals surface area contributed by atoms with Crippen LogP contribution in [0.25, 0.3) is 0 Å². The van der Waals surface area contributed by atoms with E-state index in [1.54, 1.807) is 0 Å². The fourth-order valence-electron chi connectivity index (χ4n) is 2.33. The molecule has 0 bridgehead atoms. The van der Waals surface area contributed by atoms with Crippen molar-refractivity contribution in [3.63, 3.8) is 0 Å². The van der Waals surface area contributed by atoms with Gasteiger partial charge in [0.25, 0.3) is 0 Å². The lowest BCUT2D eigenvalue weighted by atomic mass is 9.93. The average Bonchev–Trinajstić information content (AvgIpc) is 2.29. The smallest absolute Gasteiger partial charge is 0.0653 e. The Bertz CT molecular complexity index is 374. The number of aliphatic hydroxyl groups is 1. The van der Waals surface area contributed by atoms with Crippen LogP contribution in [0.1, 0.15) is 45.1 Å². The van der Waals surface area contributed by atoms with Gasteiger partial charge in [0.15, 0.2) is 0 Å². The molecule has 0 unspecified atom stereocenters. The van der Waals surface area contributed by atoms with Gasteiger partial charge >= 0.3 is 0 Å². The molecule has 0 aliphatic carbocycles. The Morgan fingerprint density at radius 2 is 1.88 bits per heavy atom. The lowest BCUT2D eigenvalue weighted by molar-refractivity contribution is 0.0351. The Morgan fingerprint density at radius 3 is 2.47 bits per heavy atom. The maximum atomic E-state index is 9.96. The lowest BCUT2D eigenvalue weighted by Gasteiger charge is -2.37. The SMILES string of the molecule is CC(C)c1cccc(N2CCC(C)(O)CC2)c1. The molecule has 1 aromatic carbocycles. The normalized spacial score (nSPS) is 19.7. The van der Waals surface area contributed by atoms with Crippen molar-refractivity contribution in [2.75, 3.05) is 18.0 Å². The summed E-state index contributed by atoms with van der Waals surface area (Å²) in [7, 11) is 0. The highest BCUT2D eigenvalue weighted by atomic mass is 16.3. The van der Waals surface area contributed by atoms with Crippen LogP contribution in [0.3, 0.4) is 0 Å². The number of rotatable bonds is 2. The summed E-state index contributed by atoms with van der Waals surface area (Å²) in [5.74, 6) is 0.572. The van der Waals surface area contributed by atoms with Crippen LogP contribution in [-0.2, 0) is 0 Å². The molecule has 0 radical (unpaired) electrons. The van der Waals surface area contributed by atoms with Crippen molar-refractivity contribution in [3.05, 3.63) is 29.8 Å². The van der Waals surface area contributed by atoms with Crippen molar-refractivity contribution >= 4 is 5.69 Å². The van der Waals surface area contributed by atoms with Gasteiger partial charge in [-0.15, -0.1) is 0 Å². The summed E-state index contributed by atoms with van der Waals surface area (Å²) in [5.41, 5.74) is 2.22. The van der Waals surface area contributed by atoms with E-state index in [4.69, 9.17) is 0 Å². The monoisotopic (exact) mass is 233 g/mol. The molecule has 1 heterocycles. The summed E-state index contributed by atoms with van der Waals surface area (Å²) in [6.45, 7) is 8.29. The largest absolute Gasteiger partial charge is 0.390 e. The van der Waals surface area contributed by atoms with Gasteiger partial charge in [-0.1, -0.05) is 26.0 Å². The first-order chi connectivity index (χ1) is 7.98. The zero-order valence-corrected chi connectivity index (χ0v) is 11.1. The van der Waals surface area contributed by atoms with Crippen molar-refractivity contribution in [1.29, 1.82) is 0 Å². The first-order valence-corrected chi connectivity index (χ1v) is 6.55. The van der Waals surface area contributed by atoms with Crippen LogP contribution in [0, 0.1) is 0 Å². The van der Waals surface area contributed by atoms with Gasteiger partial charge in [-0.05, 0) is 43.4 Å². The van der Waals surface area contributed by atoms with Crippen molar-refractivity contribution in [2.45, 2.75) is 45.1 Å². The van der Waals surface area contributed by atoms with E-state index in [1.165, 1.54) is 11.3 Å². The van der Waals surface area contributed by atoms with E-state index in [-0.39, 0.29) is 0 Å². The highest BCUT2D eigenvalue weighted by Gasteiger charge is 2.27. The van der Waals surface area contributed by atoms with Crippen molar-refractivity contribution in [3.8, 4) is 0 Å². The minimum absolute atomic E-state index is 0.466. The maximum Gasteiger partial charge on any atom is 0.0653 e. The second-order valence-corrected chi connectivity index (χ2v) is 5.73. The van der Waals surface area contributed by atoms with Gasteiger partial charge in [0, 0.05) is 18.8 Å². The van der Waals surface area contributed by atoms with E-state index in [2.05, 4.69) is 43.0 Å². The molecule has 1 aliphatic rings. The third-order valence-electron chi connectivity index (χ3n) is 3.74. The number of hydrogen-bond donors (Lipinski definition) is 1. The Balaban J connectivity index is 2.10. The number of anilines is 1. The highest BCUT2D eigenvalue weighted by Crippen LogP contribution is 2.27. The summed E-state index contributed by atoms with van der Waals surface area (Å²) in [5, 5.41) is 9.96. The van der Waals surface area contributed by atoms with Gasteiger partial charge in [-0.3, -0.25) is 0 Å². The van der Waals surface area contributed by atoms with Crippen LogP contribution in [-0.4, -0.2) is 23.8 Å². The summed E-state index contributed by atoms with van der Waals surface area (Å²) < 4.78 is 0. The number of hydrogen-bond acceptors (Lipinski definition) is 2. The van der Waals surface area contributed by atoms with Crippen LogP contribution in [0.4, 0.5) is 5.69 Å². The number of nitrogens with zero attached hydrogens (tertiary/aromatic N) is 1. The van der Waals surface area contributed by atoms with Crippen LogP contribution >= 0.6 is 0 Å². The molecule has 2 rings (SSSR count). The Morgan fingerprint density at radius 1 is 1.24 bits per heavy atom. The molecule has 0 saturated carbocycles. The molecule has 0 aromatic heterocycles. The van der Waals surface area contributed by atoms with Gasteiger partial charge in [0.1, 0.15) is 0 Å². The Hall–Kier alpha value is -1.02. The molecule has 1 fully saturated rings. The molecule has 0 atom stereocenters. The van der Waals surface area contributed by atoms with Gasteiger partial charge in [-0.25, -0.2) is 0 Å². The summed E-state index contributed by atoms with van der Waals surface area (Å²) in [4.78, 5) is 2.38. The molecule has 1 aromatic rings. The average molecular weight is 233 g/mol. The second kappa shape index (κ2) is 4.69. The molecule has 1 N–H and O–H groups in total. The highest BCUT2D eigenvalue weighted by molar-refractivity contribution is 5.49. The third kappa shape index (κ3) is 3.01. The van der Waals surface area contributed by atoms with Crippen molar-refractivity contribution in [1.82, 2.24) is 0 Å². The number of piperidine rings is 1. The van der Waals surface area contributed by atoms with Gasteiger partial charge in [0.2, 0.25) is 0 Å². The Labute approximate surface area is 104 Å². The molecule has 2 heteroatoms. The lowest BCUT2D eigenvalue weighted by Crippen LogP contribution is -2.42. The minimum atomic E-state index is -0.466. The van der Waals surface area contributed by atoms with E-state index in [1.807, 2.05) is 6.92 Å². The predicted molar refractivity (Wildman–Crippen MR) is 72.6 cm³/mol. The van der Waals surface area contributed by atoms with E-state index < -0.39 is 5.60 Å². The summed E-state index contributed by atoms with van der Waals surface area (Å²) in [6, 6.07) is 8.78. The molecule has 0 spiro atoms. The molecular weight excluding hydrogens is 210 g/mol. The fraction of sp³-hybridized carbons (Fsp3) is 0.600. The van der Waals surface area contributed by atoms with Crippen LogP contribution in [0.15, 0.2) is 24.3 Å². The number of benzene rings is 1. The molecular formula is C15H23NO. The predicted octanol–water partition coefficient (Wildman–Crippen LogP) is 3.16. The van der Waals surface area contributed by atoms with E-state index in [0.29, 0.717) is 5.92 Å². The molecule has 2 nitrogen and oxygen atoms in total. The molecule has 1 aliphatic heterocycles. The van der Waals surface area contributed by atoms with Crippen LogP contribution < -0.4 is 4.90 Å². The first-order valence-electron chi connectivity index (χ1n) is 6.55. The molecule has 94 valence electrons. The summed E-state index contributed by atoms with van der Waals surface area (Å²) >= 11 is 0. The summed E-state index contributed by atoms with van der Waals surface area (Å²) in [6.07, 6.45) is 1.72. The quantitative estimate of drug-likeness (QED) is 0.848. The van der Waals surface area contributed by atoms with E-state index >= 15 is 0 Å². The molecule has 0 amide bonds. The zero-order chi connectivity index (χ0) is 12.5. The van der Waals surface area contributed by atoms with E-state index in [9.17, 15) is 5.11 Å². The third-order valence-corrected chi connectivity index (χ3v) is 3.74. The Kier molecular flexibility index (Phi) is 3.43. The minimum Gasteiger partial charge on any atom is -0.390 e. The first kappa shape index (κ1) is 12.4. The second-order valence-electron chi connectivity index (χ2n) is 5.73. The topological polar surface area (TPSA) is 23.5 Å². The van der Waals surface area contributed by atoms with Crippen LogP contribution in [0.5, 0.6) is 0 Å². The van der Waals surface area contributed by atoms with Gasteiger partial charge in [0.05, 0.1) is 5.60 Å². The van der Waals surface area contributed by atoms with Gasteiger partial charge < -0.3 is 10.0 Å². The van der Waals surface area contributed by atoms with Gasteiger partial charge in [-0.2, -0.15) is 0 Å². The van der Waals surface area contributed by atoms with Crippen molar-refractivity contribution in [2.24, 2.45) is 0 Å². The van der Waals surface area contributed by atoms with Crippen LogP contribution in [0.2, 0.25) is 0 Å². The molecule has 17 heavy (non-hydrogen) atoms. The zero-order valence-electron chi connectivity index (χ0n) is 11.1. The van der Waals surface area contributed by atoms with Crippen molar-refractivity contribution < 1.29 is 5.11 Å². The maximum absolute atomic E-state index is 9.96. The fourth-order valence-corrected chi connectivity index (χ4v) is 2.33. The van der Waals surface area contributed by atoms with E-state index in [0.717, 1.165) is 25.9 Å². The molecule has 1 saturated heterocycles. The standard InChI is InChI=1S/C15H23NO/c1-12(2)13-5-4-6-14(11-13)16-9-7-15(3,17)8-10-16/h4-6,11-12,17H,7-10H2,1-3H3.